The van der Waals surface area contributed by atoms with Crippen molar-refractivity contribution in [2.75, 3.05) is 6.61 Å². The molecule has 1 aromatic heterocycles. The molecular weight excluding hydrogens is 472 g/mol. The summed E-state index contributed by atoms with van der Waals surface area (Å²) in [6.45, 7) is 6.89. The van der Waals surface area contributed by atoms with Gasteiger partial charge in [-0.2, -0.15) is 9.78 Å². The van der Waals surface area contributed by atoms with E-state index in [0.717, 1.165) is 10.7 Å². The van der Waals surface area contributed by atoms with Crippen molar-refractivity contribution in [2.24, 2.45) is 5.41 Å². The zero-order valence-electron chi connectivity index (χ0n) is 20.5. The number of carboxylic acid groups (broad SMARTS) is 1. The van der Waals surface area contributed by atoms with Gasteiger partial charge in [0.25, 0.3) is 5.91 Å². The summed E-state index contributed by atoms with van der Waals surface area (Å²) >= 11 is 0. The highest BCUT2D eigenvalue weighted by Gasteiger charge is 2.36. The van der Waals surface area contributed by atoms with E-state index in [4.69, 9.17) is 4.74 Å². The average molecular weight is 502 g/mol. The number of hydrogen-bond donors (Lipinski definition) is 3. The fourth-order valence-electron chi connectivity index (χ4n) is 3.21. The van der Waals surface area contributed by atoms with Crippen LogP contribution in [0.2, 0.25) is 0 Å². The maximum absolute atomic E-state index is 14.6. The molecule has 0 saturated heterocycles. The fourth-order valence-corrected chi connectivity index (χ4v) is 3.21. The highest BCUT2D eigenvalue weighted by Crippen LogP contribution is 2.31. The van der Waals surface area contributed by atoms with Crippen LogP contribution in [-0.4, -0.2) is 44.1 Å². The van der Waals surface area contributed by atoms with E-state index >= 15 is 0 Å². The first-order valence-corrected chi connectivity index (χ1v) is 11.3. The maximum Gasteiger partial charge on any atom is 0.305 e. The molecule has 2 atom stereocenters. The topological polar surface area (TPSA) is 114 Å². The zero-order chi connectivity index (χ0) is 26.7. The molecule has 3 aromatic rings. The number of carbonyl (C=O) groups is 2. The number of benzene rings is 2. The van der Waals surface area contributed by atoms with Gasteiger partial charge in [-0.15, -0.1) is 0 Å². The third kappa shape index (κ3) is 6.06. The number of aromatic nitrogens is 2. The van der Waals surface area contributed by atoms with Crippen LogP contribution in [0.4, 0.5) is 8.78 Å². The van der Waals surface area contributed by atoms with E-state index in [9.17, 15) is 28.6 Å². The first-order valence-electron chi connectivity index (χ1n) is 11.3. The summed E-state index contributed by atoms with van der Waals surface area (Å²) in [4.78, 5) is 24.4. The van der Waals surface area contributed by atoms with Gasteiger partial charge in [0.2, 0.25) is 5.88 Å². The second kappa shape index (κ2) is 10.4. The van der Waals surface area contributed by atoms with Crippen molar-refractivity contribution in [3.63, 3.8) is 0 Å². The number of amides is 1. The number of nitrogens with zero attached hydrogens (tertiary/aromatic N) is 2. The summed E-state index contributed by atoms with van der Waals surface area (Å²) in [6, 6.07) is 11.3. The van der Waals surface area contributed by atoms with Crippen molar-refractivity contribution in [3.8, 4) is 11.6 Å². The smallest absolute Gasteiger partial charge is 0.305 e. The van der Waals surface area contributed by atoms with Crippen molar-refractivity contribution in [1.82, 2.24) is 15.1 Å². The predicted octanol–water partition coefficient (Wildman–Crippen LogP) is 4.27. The van der Waals surface area contributed by atoms with Gasteiger partial charge in [0.05, 0.1) is 12.5 Å². The van der Waals surface area contributed by atoms with Crippen molar-refractivity contribution < 1.29 is 33.3 Å². The summed E-state index contributed by atoms with van der Waals surface area (Å²) in [5.41, 5.74) is -2.05. The van der Waals surface area contributed by atoms with Crippen LogP contribution in [0.25, 0.3) is 5.69 Å². The minimum atomic E-state index is -1.28. The molecule has 192 valence electrons. The molecule has 3 N–H and O–H groups in total. The van der Waals surface area contributed by atoms with Crippen molar-refractivity contribution in [1.29, 1.82) is 0 Å². The molecule has 0 fully saturated rings. The second-order valence-electron chi connectivity index (χ2n) is 9.69. The Morgan fingerprint density at radius 1 is 1.06 bits per heavy atom. The molecule has 1 heterocycles. The van der Waals surface area contributed by atoms with E-state index in [2.05, 4.69) is 10.4 Å². The van der Waals surface area contributed by atoms with Gasteiger partial charge < -0.3 is 20.3 Å². The van der Waals surface area contributed by atoms with Gasteiger partial charge in [-0.3, -0.25) is 9.59 Å². The standard InChI is InChI=1S/C26H29F2N3O5/c1-25(2,3)26(4,35)15-36-22-13-20(30-31(22)21-12-8-7-11-18(21)28)24(34)29-19(14-23(32)33)16-9-5-6-10-17(16)27/h5-13,19,35H,14-15H2,1-4H3,(H,29,34)(H,32,33)/t19-,26-/m0/s1. The van der Waals surface area contributed by atoms with E-state index in [1.807, 2.05) is 20.8 Å². The molecule has 2 aromatic carbocycles. The van der Waals surface area contributed by atoms with Gasteiger partial charge in [-0.1, -0.05) is 51.1 Å². The quantitative estimate of drug-likeness (QED) is 0.404. The molecule has 0 spiro atoms. The van der Waals surface area contributed by atoms with Crippen LogP contribution in [0.3, 0.4) is 0 Å². The Balaban J connectivity index is 1.97. The molecule has 0 aliphatic rings. The molecule has 36 heavy (non-hydrogen) atoms. The van der Waals surface area contributed by atoms with E-state index < -0.39 is 47.0 Å². The Labute approximate surface area is 207 Å². The summed E-state index contributed by atoms with van der Waals surface area (Å²) < 4.78 is 35.8. The first kappa shape index (κ1) is 26.8. The number of rotatable bonds is 9. The van der Waals surface area contributed by atoms with Crippen LogP contribution in [0, 0.1) is 17.0 Å². The Bertz CT molecular complexity index is 1250. The summed E-state index contributed by atoms with van der Waals surface area (Å²) in [6.07, 6.45) is -0.571. The first-order chi connectivity index (χ1) is 16.8. The summed E-state index contributed by atoms with van der Waals surface area (Å²) in [5.74, 6) is -3.37. The van der Waals surface area contributed by atoms with Crippen LogP contribution in [0.1, 0.15) is 56.2 Å². The molecule has 0 aliphatic heterocycles. The van der Waals surface area contributed by atoms with Crippen LogP contribution in [0.5, 0.6) is 5.88 Å². The highest BCUT2D eigenvalue weighted by molar-refractivity contribution is 5.93. The third-order valence-corrected chi connectivity index (χ3v) is 6.07. The number of carbonyl (C=O) groups excluding carboxylic acids is 1. The van der Waals surface area contributed by atoms with Crippen LogP contribution < -0.4 is 10.1 Å². The molecule has 0 saturated carbocycles. The van der Waals surface area contributed by atoms with E-state index in [-0.39, 0.29) is 29.4 Å². The number of hydrogen-bond acceptors (Lipinski definition) is 5. The molecule has 0 bridgehead atoms. The lowest BCUT2D eigenvalue weighted by Crippen LogP contribution is -2.45. The lowest BCUT2D eigenvalue weighted by molar-refractivity contribution is -0.137. The SMILES string of the molecule is CC(C)(C)[C@@](C)(O)COc1cc(C(=O)N[C@@H](CC(=O)O)c2ccccc2F)nn1-c1ccccc1F. The number of aliphatic hydroxyl groups is 1. The van der Waals surface area contributed by atoms with Gasteiger partial charge in [-0.05, 0) is 30.5 Å². The number of carboxylic acids is 1. The lowest BCUT2D eigenvalue weighted by atomic mass is 9.78. The number of para-hydroxylation sites is 1. The fraction of sp³-hybridized carbons (Fsp3) is 0.346. The molecular formula is C26H29F2N3O5. The Kier molecular flexibility index (Phi) is 7.78. The summed E-state index contributed by atoms with van der Waals surface area (Å²) in [5, 5.41) is 26.7. The molecule has 0 radical (unpaired) electrons. The minimum absolute atomic E-state index is 0.000478. The van der Waals surface area contributed by atoms with Crippen LogP contribution in [0.15, 0.2) is 54.6 Å². The van der Waals surface area contributed by atoms with Gasteiger partial charge in [0.1, 0.15) is 29.5 Å². The summed E-state index contributed by atoms with van der Waals surface area (Å²) in [7, 11) is 0. The molecule has 0 unspecified atom stereocenters. The van der Waals surface area contributed by atoms with E-state index in [0.29, 0.717) is 0 Å². The average Bonchev–Trinajstić information content (AvgIpc) is 3.21. The van der Waals surface area contributed by atoms with E-state index in [1.165, 1.54) is 42.5 Å². The Morgan fingerprint density at radius 2 is 1.67 bits per heavy atom. The highest BCUT2D eigenvalue weighted by atomic mass is 19.1. The van der Waals surface area contributed by atoms with E-state index in [1.54, 1.807) is 13.0 Å². The predicted molar refractivity (Wildman–Crippen MR) is 128 cm³/mol. The molecule has 10 heteroatoms. The van der Waals surface area contributed by atoms with Crippen molar-refractivity contribution in [3.05, 3.63) is 77.5 Å². The number of ether oxygens (including phenoxy) is 1. The van der Waals surface area contributed by atoms with Gasteiger partial charge in [-0.25, -0.2) is 8.78 Å². The number of halogens is 2. The molecule has 3 rings (SSSR count). The number of aliphatic carboxylic acids is 1. The largest absolute Gasteiger partial charge is 0.481 e. The molecule has 8 nitrogen and oxygen atoms in total. The van der Waals surface area contributed by atoms with Crippen molar-refractivity contribution in [2.45, 2.75) is 45.8 Å². The van der Waals surface area contributed by atoms with Gasteiger partial charge >= 0.3 is 5.97 Å². The third-order valence-electron chi connectivity index (χ3n) is 6.07. The zero-order valence-corrected chi connectivity index (χ0v) is 20.5. The van der Waals surface area contributed by atoms with Crippen molar-refractivity contribution >= 4 is 11.9 Å². The number of nitrogens with one attached hydrogen (secondary N) is 1. The Hall–Kier alpha value is -3.79. The normalized spacial score (nSPS) is 14.1. The van der Waals surface area contributed by atoms with Gasteiger partial charge in [0, 0.05) is 11.6 Å². The lowest BCUT2D eigenvalue weighted by Gasteiger charge is -2.36. The Morgan fingerprint density at radius 3 is 2.25 bits per heavy atom. The second-order valence-corrected chi connectivity index (χ2v) is 9.69. The van der Waals surface area contributed by atoms with Crippen LogP contribution >= 0.6 is 0 Å². The molecule has 0 aliphatic carbocycles. The molecule has 1 amide bonds. The maximum atomic E-state index is 14.6. The monoisotopic (exact) mass is 501 g/mol. The van der Waals surface area contributed by atoms with Gasteiger partial charge in [0.15, 0.2) is 5.69 Å². The van der Waals surface area contributed by atoms with Crippen LogP contribution in [-0.2, 0) is 4.79 Å². The minimum Gasteiger partial charge on any atom is -0.481 e.